The summed E-state index contributed by atoms with van der Waals surface area (Å²) in [5.41, 5.74) is 2.44. The van der Waals surface area contributed by atoms with Crippen LogP contribution in [0.25, 0.3) is 11.0 Å². The van der Waals surface area contributed by atoms with E-state index in [1.165, 1.54) is 0 Å². The van der Waals surface area contributed by atoms with E-state index in [1.54, 1.807) is 30.5 Å². The Hall–Kier alpha value is -2.33. The Labute approximate surface area is 120 Å². The van der Waals surface area contributed by atoms with Crippen LogP contribution in [0.5, 0.6) is 0 Å². The zero-order valence-electron chi connectivity index (χ0n) is 10.6. The highest BCUT2D eigenvalue weighted by Crippen LogP contribution is 2.15. The number of amides is 1. The van der Waals surface area contributed by atoms with Crippen molar-refractivity contribution in [3.8, 4) is 0 Å². The van der Waals surface area contributed by atoms with Gasteiger partial charge in [-0.2, -0.15) is 0 Å². The molecule has 4 nitrogen and oxygen atoms in total. The van der Waals surface area contributed by atoms with E-state index in [2.05, 4.69) is 15.3 Å². The Bertz CT molecular complexity index is 749. The lowest BCUT2D eigenvalue weighted by Crippen LogP contribution is -2.22. The molecule has 2 aromatic heterocycles. The summed E-state index contributed by atoms with van der Waals surface area (Å²) in [6.07, 6.45) is 3.56. The Morgan fingerprint density at radius 3 is 2.80 bits per heavy atom. The van der Waals surface area contributed by atoms with Crippen molar-refractivity contribution in [3.05, 3.63) is 64.9 Å². The van der Waals surface area contributed by atoms with Crippen LogP contribution in [-0.4, -0.2) is 15.9 Å². The number of nitrogens with zero attached hydrogens (tertiary/aromatic N) is 1. The SMILES string of the molecule is O=C(NCc1ccnc2[nH]ccc12)c1ccc(Cl)cc1. The maximum atomic E-state index is 12.0. The first-order valence-corrected chi connectivity index (χ1v) is 6.56. The van der Waals surface area contributed by atoms with Crippen molar-refractivity contribution in [2.75, 3.05) is 0 Å². The summed E-state index contributed by atoms with van der Waals surface area (Å²) in [5, 5.41) is 4.53. The number of nitrogens with one attached hydrogen (secondary N) is 2. The van der Waals surface area contributed by atoms with Gasteiger partial charge in [0.1, 0.15) is 5.65 Å². The molecule has 0 aliphatic heterocycles. The van der Waals surface area contributed by atoms with Gasteiger partial charge in [-0.3, -0.25) is 4.79 Å². The number of pyridine rings is 1. The molecule has 0 saturated heterocycles. The molecular formula is C15H12ClN3O. The Morgan fingerprint density at radius 1 is 1.20 bits per heavy atom. The smallest absolute Gasteiger partial charge is 0.251 e. The maximum Gasteiger partial charge on any atom is 0.251 e. The van der Waals surface area contributed by atoms with Crippen LogP contribution in [0.2, 0.25) is 5.02 Å². The molecule has 3 aromatic rings. The van der Waals surface area contributed by atoms with Crippen LogP contribution in [0.1, 0.15) is 15.9 Å². The molecule has 2 N–H and O–H groups in total. The molecule has 1 amide bonds. The minimum Gasteiger partial charge on any atom is -0.348 e. The van der Waals surface area contributed by atoms with Crippen LogP contribution in [0.3, 0.4) is 0 Å². The van der Waals surface area contributed by atoms with Gasteiger partial charge in [0.15, 0.2) is 0 Å². The van der Waals surface area contributed by atoms with Gasteiger partial charge in [0.05, 0.1) is 0 Å². The molecule has 0 bridgehead atoms. The molecule has 0 radical (unpaired) electrons. The number of aromatic amines is 1. The third-order valence-corrected chi connectivity index (χ3v) is 3.35. The number of benzene rings is 1. The number of hydrogen-bond acceptors (Lipinski definition) is 2. The van der Waals surface area contributed by atoms with Gasteiger partial charge in [0.2, 0.25) is 0 Å². The molecule has 1 aromatic carbocycles. The number of hydrogen-bond donors (Lipinski definition) is 2. The van der Waals surface area contributed by atoms with Gasteiger partial charge < -0.3 is 10.3 Å². The monoisotopic (exact) mass is 285 g/mol. The highest BCUT2D eigenvalue weighted by molar-refractivity contribution is 6.30. The van der Waals surface area contributed by atoms with Crippen molar-refractivity contribution >= 4 is 28.5 Å². The molecule has 0 saturated carbocycles. The third kappa shape index (κ3) is 2.51. The number of H-pyrrole nitrogens is 1. The quantitative estimate of drug-likeness (QED) is 0.777. The third-order valence-electron chi connectivity index (χ3n) is 3.10. The molecule has 0 spiro atoms. The van der Waals surface area contributed by atoms with E-state index < -0.39 is 0 Å². The average molecular weight is 286 g/mol. The fourth-order valence-electron chi connectivity index (χ4n) is 2.05. The number of fused-ring (bicyclic) bond motifs is 1. The molecule has 3 rings (SSSR count). The van der Waals surface area contributed by atoms with E-state index in [9.17, 15) is 4.79 Å². The lowest BCUT2D eigenvalue weighted by molar-refractivity contribution is 0.0951. The second-order valence-corrected chi connectivity index (χ2v) is 4.84. The second-order valence-electron chi connectivity index (χ2n) is 4.40. The Balaban J connectivity index is 1.74. The minimum absolute atomic E-state index is 0.123. The predicted molar refractivity (Wildman–Crippen MR) is 78.7 cm³/mol. The van der Waals surface area contributed by atoms with Crippen molar-refractivity contribution in [2.45, 2.75) is 6.54 Å². The molecule has 0 unspecified atom stereocenters. The van der Waals surface area contributed by atoms with Crippen LogP contribution in [0.4, 0.5) is 0 Å². The van der Waals surface area contributed by atoms with E-state index in [0.29, 0.717) is 17.1 Å². The van der Waals surface area contributed by atoms with Gasteiger partial charge in [-0.15, -0.1) is 0 Å². The first kappa shape index (κ1) is 12.7. The fraction of sp³-hybridized carbons (Fsp3) is 0.0667. The van der Waals surface area contributed by atoms with Crippen LogP contribution in [0.15, 0.2) is 48.8 Å². The molecule has 100 valence electrons. The van der Waals surface area contributed by atoms with Crippen molar-refractivity contribution in [2.24, 2.45) is 0 Å². The summed E-state index contributed by atoms with van der Waals surface area (Å²) >= 11 is 5.80. The minimum atomic E-state index is -0.123. The Kier molecular flexibility index (Phi) is 3.39. The molecule has 0 aliphatic rings. The lowest BCUT2D eigenvalue weighted by atomic mass is 10.1. The highest BCUT2D eigenvalue weighted by atomic mass is 35.5. The van der Waals surface area contributed by atoms with Gasteiger partial charge in [-0.05, 0) is 42.0 Å². The summed E-state index contributed by atoms with van der Waals surface area (Å²) in [6, 6.07) is 10.7. The molecule has 2 heterocycles. The number of halogens is 1. The molecule has 5 heteroatoms. The highest BCUT2D eigenvalue weighted by Gasteiger charge is 2.07. The van der Waals surface area contributed by atoms with Crippen LogP contribution < -0.4 is 5.32 Å². The van der Waals surface area contributed by atoms with Crippen molar-refractivity contribution in [1.82, 2.24) is 15.3 Å². The first-order chi connectivity index (χ1) is 9.74. The largest absolute Gasteiger partial charge is 0.348 e. The topological polar surface area (TPSA) is 57.8 Å². The number of rotatable bonds is 3. The van der Waals surface area contributed by atoms with Crippen molar-refractivity contribution in [1.29, 1.82) is 0 Å². The summed E-state index contributed by atoms with van der Waals surface area (Å²) in [7, 11) is 0. The maximum absolute atomic E-state index is 12.0. The molecule has 20 heavy (non-hydrogen) atoms. The van der Waals surface area contributed by atoms with E-state index in [1.807, 2.05) is 18.3 Å². The van der Waals surface area contributed by atoms with E-state index in [4.69, 9.17) is 11.6 Å². The predicted octanol–water partition coefficient (Wildman–Crippen LogP) is 3.15. The number of aromatic nitrogens is 2. The zero-order valence-corrected chi connectivity index (χ0v) is 11.3. The normalized spacial score (nSPS) is 10.7. The number of carbonyl (C=O) groups excluding carboxylic acids is 1. The fourth-order valence-corrected chi connectivity index (χ4v) is 2.18. The van der Waals surface area contributed by atoms with Crippen LogP contribution >= 0.6 is 11.6 Å². The first-order valence-electron chi connectivity index (χ1n) is 6.19. The standard InChI is InChI=1S/C15H12ClN3O/c16-12-3-1-10(2-4-12)15(20)19-9-11-5-7-17-14-13(11)6-8-18-14/h1-8H,9H2,(H,17,18)(H,19,20). The summed E-state index contributed by atoms with van der Waals surface area (Å²) < 4.78 is 0. The average Bonchev–Trinajstić information content (AvgIpc) is 2.94. The van der Waals surface area contributed by atoms with Crippen molar-refractivity contribution < 1.29 is 4.79 Å². The molecule has 0 atom stereocenters. The summed E-state index contributed by atoms with van der Waals surface area (Å²) in [5.74, 6) is -0.123. The molecule has 0 fully saturated rings. The number of carbonyl (C=O) groups is 1. The van der Waals surface area contributed by atoms with E-state index >= 15 is 0 Å². The van der Waals surface area contributed by atoms with Gasteiger partial charge in [-0.1, -0.05) is 11.6 Å². The molecule has 0 aliphatic carbocycles. The molecular weight excluding hydrogens is 274 g/mol. The van der Waals surface area contributed by atoms with Gasteiger partial charge >= 0.3 is 0 Å². The van der Waals surface area contributed by atoms with E-state index in [0.717, 1.165) is 16.6 Å². The van der Waals surface area contributed by atoms with Crippen molar-refractivity contribution in [3.63, 3.8) is 0 Å². The summed E-state index contributed by atoms with van der Waals surface area (Å²) in [6.45, 7) is 0.457. The van der Waals surface area contributed by atoms with Gasteiger partial charge in [-0.25, -0.2) is 4.98 Å². The van der Waals surface area contributed by atoms with Gasteiger partial charge in [0.25, 0.3) is 5.91 Å². The van der Waals surface area contributed by atoms with Crippen LogP contribution in [-0.2, 0) is 6.54 Å². The summed E-state index contributed by atoms with van der Waals surface area (Å²) in [4.78, 5) is 19.3. The second kappa shape index (κ2) is 5.35. The zero-order chi connectivity index (χ0) is 13.9. The Morgan fingerprint density at radius 2 is 2.00 bits per heavy atom. The lowest BCUT2D eigenvalue weighted by Gasteiger charge is -2.06. The van der Waals surface area contributed by atoms with E-state index in [-0.39, 0.29) is 5.91 Å². The van der Waals surface area contributed by atoms with Crippen LogP contribution in [0, 0.1) is 0 Å². The van der Waals surface area contributed by atoms with Gasteiger partial charge in [0, 0.05) is 34.9 Å².